The van der Waals surface area contributed by atoms with Crippen molar-refractivity contribution in [3.63, 3.8) is 0 Å². The predicted molar refractivity (Wildman–Crippen MR) is 97.9 cm³/mol. The van der Waals surface area contributed by atoms with Gasteiger partial charge in [-0.15, -0.1) is 0 Å². The lowest BCUT2D eigenvalue weighted by Crippen LogP contribution is -2.52. The van der Waals surface area contributed by atoms with E-state index in [0.717, 1.165) is 0 Å². The Bertz CT molecular complexity index is 612. The number of carbonyl (C=O) groups is 3. The van der Waals surface area contributed by atoms with Gasteiger partial charge in [-0.3, -0.25) is 4.79 Å². The Labute approximate surface area is 158 Å². The van der Waals surface area contributed by atoms with E-state index in [-0.39, 0.29) is 6.42 Å². The van der Waals surface area contributed by atoms with Crippen LogP contribution in [0.5, 0.6) is 0 Å². The number of nitrogens with zero attached hydrogens (tertiary/aromatic N) is 1. The number of ether oxygens (including phenoxy) is 1. The molecule has 10 heteroatoms. The number of aliphatic carboxylic acids is 1. The van der Waals surface area contributed by atoms with Crippen molar-refractivity contribution in [2.45, 2.75) is 64.1 Å². The quantitative estimate of drug-likeness (QED) is 0.369. The minimum Gasteiger partial charge on any atom is -0.480 e. The summed E-state index contributed by atoms with van der Waals surface area (Å²) in [7, 11) is 0. The summed E-state index contributed by atoms with van der Waals surface area (Å²) in [5.41, 5.74) is 5.33. The Hall–Kier alpha value is -2.62. The summed E-state index contributed by atoms with van der Waals surface area (Å²) in [5.74, 6) is -1.78. The average Bonchev–Trinajstić information content (AvgIpc) is 3.04. The number of carboxylic acid groups (broad SMARTS) is 1. The molecule has 0 aliphatic heterocycles. The van der Waals surface area contributed by atoms with E-state index in [1.165, 1.54) is 12.5 Å². The number of rotatable bonds is 10. The van der Waals surface area contributed by atoms with Crippen molar-refractivity contribution < 1.29 is 24.2 Å². The number of imidazole rings is 1. The van der Waals surface area contributed by atoms with Gasteiger partial charge in [0.25, 0.3) is 0 Å². The van der Waals surface area contributed by atoms with Gasteiger partial charge in [-0.05, 0) is 46.6 Å². The van der Waals surface area contributed by atoms with Crippen molar-refractivity contribution in [2.24, 2.45) is 5.73 Å². The number of hydrogen-bond acceptors (Lipinski definition) is 6. The van der Waals surface area contributed by atoms with Crippen molar-refractivity contribution in [3.05, 3.63) is 18.2 Å². The number of unbranched alkanes of at least 4 members (excludes halogenated alkanes) is 1. The predicted octanol–water partition coefficient (Wildman–Crippen LogP) is 0.544. The Kier molecular flexibility index (Phi) is 8.73. The second kappa shape index (κ2) is 10.5. The Balaban J connectivity index is 2.76. The van der Waals surface area contributed by atoms with Gasteiger partial charge in [-0.25, -0.2) is 14.6 Å². The lowest BCUT2D eigenvalue weighted by Gasteiger charge is -2.24. The van der Waals surface area contributed by atoms with Crippen LogP contribution in [0.4, 0.5) is 4.79 Å². The highest BCUT2D eigenvalue weighted by Gasteiger charge is 2.28. The van der Waals surface area contributed by atoms with E-state index in [1.807, 2.05) is 0 Å². The van der Waals surface area contributed by atoms with E-state index in [1.54, 1.807) is 20.8 Å². The van der Waals surface area contributed by atoms with Crippen LogP contribution in [0.2, 0.25) is 0 Å². The number of nitrogens with one attached hydrogen (secondary N) is 3. The summed E-state index contributed by atoms with van der Waals surface area (Å²) in [6.07, 6.45) is 3.81. The lowest BCUT2D eigenvalue weighted by molar-refractivity contribution is -0.142. The molecule has 10 nitrogen and oxygen atoms in total. The van der Waals surface area contributed by atoms with E-state index in [9.17, 15) is 19.5 Å². The third-order valence-electron chi connectivity index (χ3n) is 3.55. The van der Waals surface area contributed by atoms with Gasteiger partial charge >= 0.3 is 12.1 Å². The van der Waals surface area contributed by atoms with Gasteiger partial charge in [-0.1, -0.05) is 0 Å². The van der Waals surface area contributed by atoms with Crippen molar-refractivity contribution in [1.29, 1.82) is 0 Å². The molecule has 0 aliphatic rings. The SMILES string of the molecule is CC(C)(C)OC(=O)N[C@@H](CCCCN)C(=O)N[C@@H](Cc1cnc[nH]1)C(=O)O. The second-order valence-corrected chi connectivity index (χ2v) is 7.16. The lowest BCUT2D eigenvalue weighted by atomic mass is 10.1. The monoisotopic (exact) mass is 383 g/mol. The molecule has 1 aromatic rings. The first kappa shape index (κ1) is 22.4. The number of H-pyrrole nitrogens is 1. The molecule has 2 atom stereocenters. The summed E-state index contributed by atoms with van der Waals surface area (Å²) in [6, 6.07) is -2.08. The first-order valence-corrected chi connectivity index (χ1v) is 8.82. The number of nitrogens with two attached hydrogens (primary N) is 1. The number of carboxylic acids is 1. The van der Waals surface area contributed by atoms with Crippen LogP contribution in [0.3, 0.4) is 0 Å². The number of aromatic nitrogens is 2. The number of alkyl carbamates (subject to hydrolysis) is 1. The van der Waals surface area contributed by atoms with Crippen LogP contribution < -0.4 is 16.4 Å². The van der Waals surface area contributed by atoms with E-state index in [2.05, 4.69) is 20.6 Å². The van der Waals surface area contributed by atoms with Gasteiger partial charge in [0.1, 0.15) is 17.7 Å². The van der Waals surface area contributed by atoms with Crippen LogP contribution in [0.15, 0.2) is 12.5 Å². The highest BCUT2D eigenvalue weighted by atomic mass is 16.6. The molecule has 0 aliphatic carbocycles. The van der Waals surface area contributed by atoms with Gasteiger partial charge in [0.15, 0.2) is 0 Å². The summed E-state index contributed by atoms with van der Waals surface area (Å²) >= 11 is 0. The van der Waals surface area contributed by atoms with Crippen molar-refractivity contribution >= 4 is 18.0 Å². The minimum absolute atomic E-state index is 0.0447. The van der Waals surface area contributed by atoms with Gasteiger partial charge in [0.05, 0.1) is 6.33 Å². The molecule has 2 amide bonds. The van der Waals surface area contributed by atoms with E-state index < -0.39 is 35.7 Å². The topological polar surface area (TPSA) is 159 Å². The molecule has 0 aromatic carbocycles. The van der Waals surface area contributed by atoms with Crippen LogP contribution in [-0.2, 0) is 20.7 Å². The Morgan fingerprint density at radius 2 is 1.96 bits per heavy atom. The van der Waals surface area contributed by atoms with Crippen molar-refractivity contribution in [3.8, 4) is 0 Å². The van der Waals surface area contributed by atoms with Crippen LogP contribution >= 0.6 is 0 Å². The highest BCUT2D eigenvalue weighted by molar-refractivity contribution is 5.89. The number of amides is 2. The average molecular weight is 383 g/mol. The molecule has 0 bridgehead atoms. The van der Waals surface area contributed by atoms with Crippen LogP contribution in [-0.4, -0.2) is 57.3 Å². The fourth-order valence-electron chi connectivity index (χ4n) is 2.30. The van der Waals surface area contributed by atoms with Gasteiger partial charge in [0, 0.05) is 18.3 Å². The van der Waals surface area contributed by atoms with E-state index in [4.69, 9.17) is 10.5 Å². The number of hydrogen-bond donors (Lipinski definition) is 5. The fraction of sp³-hybridized carbons (Fsp3) is 0.647. The van der Waals surface area contributed by atoms with Crippen LogP contribution in [0.1, 0.15) is 45.7 Å². The van der Waals surface area contributed by atoms with Crippen molar-refractivity contribution in [1.82, 2.24) is 20.6 Å². The Morgan fingerprint density at radius 1 is 1.26 bits per heavy atom. The fourth-order valence-corrected chi connectivity index (χ4v) is 2.30. The molecular weight excluding hydrogens is 354 g/mol. The maximum absolute atomic E-state index is 12.6. The maximum Gasteiger partial charge on any atom is 0.408 e. The molecule has 0 saturated carbocycles. The van der Waals surface area contributed by atoms with E-state index in [0.29, 0.717) is 31.5 Å². The Morgan fingerprint density at radius 3 is 2.48 bits per heavy atom. The molecule has 1 rings (SSSR count). The van der Waals surface area contributed by atoms with Crippen LogP contribution in [0, 0.1) is 0 Å². The molecule has 1 aromatic heterocycles. The van der Waals surface area contributed by atoms with Crippen molar-refractivity contribution in [2.75, 3.05) is 6.54 Å². The third-order valence-corrected chi connectivity index (χ3v) is 3.55. The first-order valence-electron chi connectivity index (χ1n) is 8.82. The van der Waals surface area contributed by atoms with Crippen LogP contribution in [0.25, 0.3) is 0 Å². The molecule has 6 N–H and O–H groups in total. The minimum atomic E-state index is -1.18. The molecule has 0 fully saturated rings. The maximum atomic E-state index is 12.6. The zero-order valence-corrected chi connectivity index (χ0v) is 15.9. The standard InChI is InChI=1S/C17H29N5O5/c1-17(2,3)27-16(26)22-12(6-4-5-7-18)14(23)21-13(15(24)25)8-11-9-19-10-20-11/h9-10,12-13H,4-8,18H2,1-3H3,(H,19,20)(H,21,23)(H,22,26)(H,24,25)/t12-,13-/m0/s1. The smallest absolute Gasteiger partial charge is 0.408 e. The molecule has 1 heterocycles. The zero-order chi connectivity index (χ0) is 20.4. The molecular formula is C17H29N5O5. The van der Waals surface area contributed by atoms with E-state index >= 15 is 0 Å². The first-order chi connectivity index (χ1) is 12.6. The third kappa shape index (κ3) is 9.04. The largest absolute Gasteiger partial charge is 0.480 e. The number of aromatic amines is 1. The highest BCUT2D eigenvalue weighted by Crippen LogP contribution is 2.09. The summed E-state index contributed by atoms with van der Waals surface area (Å²) in [6.45, 7) is 5.58. The molecule has 152 valence electrons. The molecule has 0 radical (unpaired) electrons. The summed E-state index contributed by atoms with van der Waals surface area (Å²) in [5, 5.41) is 14.3. The van der Waals surface area contributed by atoms with Gasteiger partial charge in [0.2, 0.25) is 5.91 Å². The summed E-state index contributed by atoms with van der Waals surface area (Å²) in [4.78, 5) is 42.7. The van der Waals surface area contributed by atoms with Gasteiger partial charge < -0.3 is 31.2 Å². The molecule has 0 unspecified atom stereocenters. The molecule has 0 spiro atoms. The second-order valence-electron chi connectivity index (χ2n) is 7.16. The zero-order valence-electron chi connectivity index (χ0n) is 15.9. The normalized spacial score (nSPS) is 13.5. The van der Waals surface area contributed by atoms with Gasteiger partial charge in [-0.2, -0.15) is 0 Å². The number of carbonyl (C=O) groups excluding carboxylic acids is 2. The summed E-state index contributed by atoms with van der Waals surface area (Å²) < 4.78 is 5.18. The molecule has 27 heavy (non-hydrogen) atoms. The molecule has 0 saturated heterocycles.